The van der Waals surface area contributed by atoms with E-state index in [0.29, 0.717) is 97.5 Å². The van der Waals surface area contributed by atoms with Crippen molar-refractivity contribution in [1.82, 2.24) is 0 Å². The van der Waals surface area contributed by atoms with E-state index < -0.39 is 0 Å². The largest absolute Gasteiger partial charge is 0.0654 e. The van der Waals surface area contributed by atoms with Gasteiger partial charge in [-0.15, -0.1) is 0 Å². The summed E-state index contributed by atoms with van der Waals surface area (Å²) in [7, 11) is 0. The average molecular weight is 1950 g/mol. The maximum atomic E-state index is 2.57. The van der Waals surface area contributed by atoms with Gasteiger partial charge in [-0.3, -0.25) is 0 Å². The van der Waals surface area contributed by atoms with E-state index in [1.165, 1.54) is 430 Å². The van der Waals surface area contributed by atoms with E-state index in [0.717, 1.165) is 0 Å². The minimum absolute atomic E-state index is 0.319. The van der Waals surface area contributed by atoms with Crippen molar-refractivity contribution in [3.05, 3.63) is 144 Å². The summed E-state index contributed by atoms with van der Waals surface area (Å²) in [6, 6.07) is 45.3. The van der Waals surface area contributed by atoms with Crippen LogP contribution in [-0.4, -0.2) is 0 Å². The van der Waals surface area contributed by atoms with Gasteiger partial charge in [0.1, 0.15) is 0 Å². The molecule has 0 aromatic heterocycles. The summed E-state index contributed by atoms with van der Waals surface area (Å²) in [6.07, 6.45) is 94.5. The Balaban J connectivity index is 0.000000286. The first-order valence-corrected chi connectivity index (χ1v) is 62.6. The highest BCUT2D eigenvalue weighted by molar-refractivity contribution is 5.32. The summed E-state index contributed by atoms with van der Waals surface area (Å²) in [5, 5.41) is 0. The van der Waals surface area contributed by atoms with E-state index in [1.807, 2.05) is 0 Å². The van der Waals surface area contributed by atoms with Crippen molar-refractivity contribution in [2.45, 2.75) is 673 Å². The average Bonchev–Trinajstić information content (AvgIpc) is 0.764. The van der Waals surface area contributed by atoms with E-state index in [-0.39, 0.29) is 0 Å². The molecule has 0 heteroatoms. The first-order valence-electron chi connectivity index (χ1n) is 62.6. The molecule has 0 amide bonds. The molecular weight excluding hydrogens is 1690 g/mol. The van der Waals surface area contributed by atoms with E-state index in [2.05, 4.69) is 343 Å². The van der Waals surface area contributed by atoms with Gasteiger partial charge in [-0.1, -0.05) is 606 Å². The van der Waals surface area contributed by atoms with Gasteiger partial charge in [-0.2, -0.15) is 0 Å². The van der Waals surface area contributed by atoms with Crippen LogP contribution in [0.1, 0.15) is 674 Å². The molecular formula is C141H250. The number of rotatable bonds is 39. The molecule has 7 atom stereocenters. The van der Waals surface area contributed by atoms with Crippen molar-refractivity contribution < 1.29 is 0 Å². The lowest BCUT2D eigenvalue weighted by molar-refractivity contribution is 0.0226. The van der Waals surface area contributed by atoms with Gasteiger partial charge in [0.25, 0.3) is 0 Å². The topological polar surface area (TPSA) is 0 Å². The van der Waals surface area contributed by atoms with Gasteiger partial charge in [0, 0.05) is 0 Å². The number of benzene rings is 4. The van der Waals surface area contributed by atoms with Crippen LogP contribution in [0.4, 0.5) is 0 Å². The van der Waals surface area contributed by atoms with E-state index in [1.54, 1.807) is 22.3 Å². The van der Waals surface area contributed by atoms with Crippen molar-refractivity contribution in [3.8, 4) is 0 Å². The SMILES string of the molecule is CC(C)(C)CCCC(C)(C)C1(C)CCCCC1.CC(C)(C)CCC[C@](C)(c1ccccc1)C1(C)CCCCC1.CCCCC[C@](C)(c1ccccc1)C1(C)CCCCC1.CCCCC[C@](C)(c1ccccc1)C1(C)CCCCC1.CCCCC[C@](C)(c1ccccc1)C1(C)CCCCC1.CCCCC[C@]1(C)CCCCC1(C)C.CCCCC[C@]1(C)CCCCC1(C)C.CCCCC[C@]1(C)CCCCC1(C)C. The molecule has 0 unspecified atom stereocenters. The summed E-state index contributed by atoms with van der Waals surface area (Å²) in [4.78, 5) is 0. The molecule has 0 aliphatic heterocycles. The zero-order valence-electron chi connectivity index (χ0n) is 102. The summed E-state index contributed by atoms with van der Waals surface area (Å²) in [6.45, 7) is 78.5. The van der Waals surface area contributed by atoms with Gasteiger partial charge in [0.05, 0.1) is 0 Å². The van der Waals surface area contributed by atoms with Crippen LogP contribution < -0.4 is 0 Å². The van der Waals surface area contributed by atoms with Crippen molar-refractivity contribution in [2.24, 2.45) is 75.8 Å². The normalized spacial score (nSPS) is 24.5. The maximum absolute atomic E-state index is 2.57. The monoisotopic (exact) mass is 1940 g/mol. The van der Waals surface area contributed by atoms with Crippen LogP contribution in [0.5, 0.6) is 0 Å². The molecule has 4 aromatic rings. The Labute approximate surface area is 886 Å². The summed E-state index contributed by atoms with van der Waals surface area (Å²) >= 11 is 0. The second-order valence-corrected chi connectivity index (χ2v) is 57.8. The molecule has 141 heavy (non-hydrogen) atoms. The van der Waals surface area contributed by atoms with Crippen LogP contribution >= 0.6 is 0 Å². The maximum Gasteiger partial charge on any atom is -0.00215 e. The Bertz CT molecular complexity index is 3510. The molecule has 4 aromatic carbocycles. The van der Waals surface area contributed by atoms with E-state index in [9.17, 15) is 0 Å². The molecule has 0 saturated heterocycles. The second-order valence-electron chi connectivity index (χ2n) is 57.8. The van der Waals surface area contributed by atoms with E-state index in [4.69, 9.17) is 0 Å². The molecule has 12 rings (SSSR count). The standard InChI is InChI=1S/C22H36.3C20H32.C17H34.3C14H28/c1-20(2,3)15-12-18-22(5,19-13-8-6-9-14-19)21(4)16-10-7-11-17-21;3*1-4-5-10-17-20(3,18-13-8-6-9-14-18)19(2)15-11-7-12-16-19;1-15(2,3)11-10-12-16(4,5)17(6)13-8-7-9-14-17;3*1-5-6-7-11-14(4)12-9-8-10-13(14,2)3/h6,8-9,13-14H,7,10-12,15-18H2,1-5H3;3*6,8-9,13-14H,4-5,7,10-12,15-17H2,1-3H3;7-14H2,1-6H3;3*5-12H2,1-4H3/t22-;3*20-;;3*14-/m1111.111/s1. The molecule has 0 nitrogen and oxygen atoms in total. The number of unbranched alkanes of at least 4 members (excludes halogenated alkanes) is 12. The van der Waals surface area contributed by atoms with Crippen LogP contribution in [0.25, 0.3) is 0 Å². The lowest BCUT2D eigenvalue weighted by atomic mass is 9.54. The Morgan fingerprint density at radius 3 is 0.553 bits per heavy atom. The Morgan fingerprint density at radius 1 is 0.177 bits per heavy atom. The zero-order chi connectivity index (χ0) is 105. The zero-order valence-corrected chi connectivity index (χ0v) is 102. The van der Waals surface area contributed by atoms with Crippen molar-refractivity contribution >= 4 is 0 Å². The third-order valence-electron chi connectivity index (χ3n) is 43.8. The van der Waals surface area contributed by atoms with Gasteiger partial charge in [-0.05, 0) is 287 Å². The molecule has 8 aliphatic rings. The highest BCUT2D eigenvalue weighted by atomic mass is 14.6. The highest BCUT2D eigenvalue weighted by Gasteiger charge is 2.52. The van der Waals surface area contributed by atoms with Crippen molar-refractivity contribution in [2.75, 3.05) is 0 Å². The predicted molar refractivity (Wildman–Crippen MR) is 637 cm³/mol. The molecule has 8 saturated carbocycles. The highest BCUT2D eigenvalue weighted by Crippen LogP contribution is 2.62. The molecule has 0 spiro atoms. The van der Waals surface area contributed by atoms with Gasteiger partial charge < -0.3 is 0 Å². The molecule has 814 valence electrons. The van der Waals surface area contributed by atoms with Gasteiger partial charge in [0.15, 0.2) is 0 Å². The number of hydrogen-bond acceptors (Lipinski definition) is 0. The molecule has 0 bridgehead atoms. The van der Waals surface area contributed by atoms with Crippen LogP contribution in [0.15, 0.2) is 121 Å². The molecule has 8 fully saturated rings. The van der Waals surface area contributed by atoms with Crippen molar-refractivity contribution in [1.29, 1.82) is 0 Å². The lowest BCUT2D eigenvalue weighted by Gasteiger charge is -2.50. The summed E-state index contributed by atoms with van der Waals surface area (Å²) in [5.74, 6) is 0. The number of hydrogen-bond donors (Lipinski definition) is 0. The second kappa shape index (κ2) is 60.8. The third-order valence-corrected chi connectivity index (χ3v) is 43.8. The molecule has 0 N–H and O–H groups in total. The predicted octanol–water partition coefficient (Wildman–Crippen LogP) is 48.3. The third kappa shape index (κ3) is 38.6. The fraction of sp³-hybridized carbons (Fsp3) is 0.830. The fourth-order valence-electron chi connectivity index (χ4n) is 29.3. The summed E-state index contributed by atoms with van der Waals surface area (Å²) in [5.41, 5.74) is 15.3. The Kier molecular flexibility index (Phi) is 55.3. The quantitative estimate of drug-likeness (QED) is 0.0391. The smallest absolute Gasteiger partial charge is 0.00215 e. The minimum atomic E-state index is 0.319. The Morgan fingerprint density at radius 2 is 0.355 bits per heavy atom. The van der Waals surface area contributed by atoms with Crippen LogP contribution in [0.2, 0.25) is 0 Å². The first kappa shape index (κ1) is 128. The molecule has 0 radical (unpaired) electrons. The van der Waals surface area contributed by atoms with Gasteiger partial charge in [-0.25, -0.2) is 0 Å². The van der Waals surface area contributed by atoms with Crippen LogP contribution in [0, 0.1) is 75.8 Å². The van der Waals surface area contributed by atoms with E-state index >= 15 is 0 Å². The van der Waals surface area contributed by atoms with Crippen LogP contribution in [-0.2, 0) is 21.7 Å². The lowest BCUT2D eigenvalue weighted by Crippen LogP contribution is -2.43. The summed E-state index contributed by atoms with van der Waals surface area (Å²) < 4.78 is 0. The fourth-order valence-corrected chi connectivity index (χ4v) is 29.3. The molecule has 0 heterocycles. The molecule has 8 aliphatic carbocycles. The minimum Gasteiger partial charge on any atom is -0.0654 e. The van der Waals surface area contributed by atoms with Crippen molar-refractivity contribution in [3.63, 3.8) is 0 Å². The van der Waals surface area contributed by atoms with Crippen LogP contribution in [0.3, 0.4) is 0 Å². The van der Waals surface area contributed by atoms with Gasteiger partial charge in [0.2, 0.25) is 0 Å². The van der Waals surface area contributed by atoms with Gasteiger partial charge >= 0.3 is 0 Å². The Hall–Kier alpha value is -3.12. The first-order chi connectivity index (χ1) is 66.4.